The quantitative estimate of drug-likeness (QED) is 0.0222. The van der Waals surface area contributed by atoms with E-state index in [-0.39, 0.29) is 25.7 Å². The minimum Gasteiger partial charge on any atom is -0.462 e. The molecule has 0 aromatic rings. The SMILES string of the molecule is CCCCCCCCCCCCCCCCCCCCCCCCC(=O)O[C@H](COC(=O)CCCCCCCCCCCCCCCCCCCCC)COP(=O)(O)OC[C@@H](O)COP(=O)(O)OC[C@@H](COC(=O)CCCCCCCCC(C)C)OC(=O)CCCCCCCCCCCCCCCCC(C)CC. The molecule has 17 nitrogen and oxygen atoms in total. The molecule has 3 N–H and O–H groups in total. The van der Waals surface area contributed by atoms with Crippen molar-refractivity contribution >= 4 is 39.5 Å². The molecule has 0 amide bonds. The maximum Gasteiger partial charge on any atom is 0.472 e. The van der Waals surface area contributed by atoms with E-state index in [9.17, 15) is 43.2 Å². The van der Waals surface area contributed by atoms with Crippen LogP contribution < -0.4 is 0 Å². The Balaban J connectivity index is 5.20. The van der Waals surface area contributed by atoms with Crippen molar-refractivity contribution in [1.29, 1.82) is 0 Å². The number of carbonyl (C=O) groups is 4. The molecular weight excluding hydrogens is 1400 g/mol. The Kier molecular flexibility index (Phi) is 78.8. The van der Waals surface area contributed by atoms with Crippen LogP contribution in [-0.4, -0.2) is 96.7 Å². The number of aliphatic hydroxyl groups excluding tert-OH is 1. The summed E-state index contributed by atoms with van der Waals surface area (Å²) in [6, 6.07) is 0. The van der Waals surface area contributed by atoms with Gasteiger partial charge in [-0.05, 0) is 37.5 Å². The first-order chi connectivity index (χ1) is 52.4. The first-order valence-electron chi connectivity index (χ1n) is 46.0. The zero-order valence-electron chi connectivity index (χ0n) is 71.2. The van der Waals surface area contributed by atoms with Crippen LogP contribution in [0.4, 0.5) is 0 Å². The molecule has 0 rings (SSSR count). The van der Waals surface area contributed by atoms with Gasteiger partial charge in [-0.2, -0.15) is 0 Å². The molecule has 0 aliphatic heterocycles. The van der Waals surface area contributed by atoms with E-state index < -0.39 is 97.5 Å². The lowest BCUT2D eigenvalue weighted by molar-refractivity contribution is -0.161. The van der Waals surface area contributed by atoms with Crippen LogP contribution in [0.1, 0.15) is 478 Å². The van der Waals surface area contributed by atoms with Crippen molar-refractivity contribution in [2.75, 3.05) is 39.6 Å². The average molecular weight is 1580 g/mol. The van der Waals surface area contributed by atoms with Crippen LogP contribution in [0.2, 0.25) is 0 Å². The fraction of sp³-hybridized carbons (Fsp3) is 0.955. The molecule has 0 aliphatic carbocycles. The molecule has 0 saturated heterocycles. The third-order valence-electron chi connectivity index (χ3n) is 21.3. The van der Waals surface area contributed by atoms with Crippen LogP contribution in [0.25, 0.3) is 0 Å². The van der Waals surface area contributed by atoms with Crippen LogP contribution in [0, 0.1) is 11.8 Å². The van der Waals surface area contributed by atoms with E-state index >= 15 is 0 Å². The molecule has 0 saturated carbocycles. The second-order valence-electron chi connectivity index (χ2n) is 32.7. The lowest BCUT2D eigenvalue weighted by Crippen LogP contribution is -2.30. The molecule has 108 heavy (non-hydrogen) atoms. The van der Waals surface area contributed by atoms with Gasteiger partial charge >= 0.3 is 39.5 Å². The number of unbranched alkanes of at least 4 members (excludes halogenated alkanes) is 57. The highest BCUT2D eigenvalue weighted by Crippen LogP contribution is 2.45. The second kappa shape index (κ2) is 80.3. The maximum absolute atomic E-state index is 13.2. The summed E-state index contributed by atoms with van der Waals surface area (Å²) >= 11 is 0. The van der Waals surface area contributed by atoms with Crippen molar-refractivity contribution in [3.8, 4) is 0 Å². The van der Waals surface area contributed by atoms with Crippen LogP contribution in [0.3, 0.4) is 0 Å². The molecule has 0 radical (unpaired) electrons. The Bertz CT molecular complexity index is 2070. The van der Waals surface area contributed by atoms with E-state index in [1.807, 2.05) is 0 Å². The van der Waals surface area contributed by atoms with Crippen LogP contribution in [0.15, 0.2) is 0 Å². The third kappa shape index (κ3) is 80.7. The van der Waals surface area contributed by atoms with E-state index in [1.54, 1.807) is 0 Å². The summed E-state index contributed by atoms with van der Waals surface area (Å²) in [5.41, 5.74) is 0. The van der Waals surface area contributed by atoms with Crippen molar-refractivity contribution in [3.05, 3.63) is 0 Å². The summed E-state index contributed by atoms with van der Waals surface area (Å²) in [5, 5.41) is 10.7. The number of hydrogen-bond acceptors (Lipinski definition) is 15. The smallest absolute Gasteiger partial charge is 0.462 e. The van der Waals surface area contributed by atoms with Gasteiger partial charge in [-0.1, -0.05) is 427 Å². The highest BCUT2D eigenvalue weighted by atomic mass is 31.2. The standard InChI is InChI=1S/C89H174O17P2/c1-7-10-12-14-16-18-20-22-24-26-28-29-30-32-34-36-41-45-49-53-61-67-73-88(93)105-84(77-99-86(91)71-65-59-52-48-44-40-35-33-31-27-25-23-21-19-17-15-13-11-8-2)79-103-107(95,96)101-75-83(90)76-102-108(97,98)104-80-85(78-100-87(92)72-66-60-56-55-57-63-69-81(4)5)106-89(94)74-68-62-54-50-46-42-38-37-39-43-47-51-58-64-70-82(6)9-3/h81-85,90H,7-80H2,1-6H3,(H,95,96)(H,97,98)/t82?,83-,84-,85-/m1/s1. The number of phosphoric ester groups is 2. The van der Waals surface area contributed by atoms with Crippen molar-refractivity contribution in [1.82, 2.24) is 0 Å². The molecule has 0 aromatic carbocycles. The molecule has 0 spiro atoms. The summed E-state index contributed by atoms with van der Waals surface area (Å²) in [6.07, 6.45) is 73.9. The Morgan fingerprint density at radius 3 is 0.704 bits per heavy atom. The van der Waals surface area contributed by atoms with Gasteiger partial charge in [0.05, 0.1) is 26.4 Å². The van der Waals surface area contributed by atoms with Gasteiger partial charge in [0.15, 0.2) is 12.2 Å². The molecule has 642 valence electrons. The van der Waals surface area contributed by atoms with Crippen molar-refractivity contribution in [2.45, 2.75) is 496 Å². The molecule has 19 heteroatoms. The number of esters is 4. The average Bonchev–Trinajstić information content (AvgIpc) is 0.906. The fourth-order valence-electron chi connectivity index (χ4n) is 13.9. The molecule has 0 aromatic heterocycles. The number of phosphoric acid groups is 2. The van der Waals surface area contributed by atoms with Gasteiger partial charge < -0.3 is 33.8 Å². The van der Waals surface area contributed by atoms with Crippen molar-refractivity contribution in [3.63, 3.8) is 0 Å². The van der Waals surface area contributed by atoms with E-state index in [2.05, 4.69) is 41.5 Å². The largest absolute Gasteiger partial charge is 0.472 e. The monoisotopic (exact) mass is 1580 g/mol. The minimum atomic E-state index is -4.97. The third-order valence-corrected chi connectivity index (χ3v) is 23.2. The number of carbonyl (C=O) groups excluding carboxylic acids is 4. The Labute approximate surface area is 664 Å². The number of ether oxygens (including phenoxy) is 4. The second-order valence-corrected chi connectivity index (χ2v) is 35.6. The van der Waals surface area contributed by atoms with E-state index in [0.717, 1.165) is 102 Å². The Morgan fingerprint density at radius 2 is 0.472 bits per heavy atom. The summed E-state index contributed by atoms with van der Waals surface area (Å²) < 4.78 is 68.9. The molecule has 3 unspecified atom stereocenters. The van der Waals surface area contributed by atoms with Crippen LogP contribution in [0.5, 0.6) is 0 Å². The first-order valence-corrected chi connectivity index (χ1v) is 49.0. The lowest BCUT2D eigenvalue weighted by Gasteiger charge is -2.21. The van der Waals surface area contributed by atoms with Crippen molar-refractivity contribution in [2.24, 2.45) is 11.8 Å². The van der Waals surface area contributed by atoms with Gasteiger partial charge in [0.2, 0.25) is 0 Å². The normalized spacial score (nSPS) is 14.0. The Hall–Kier alpha value is -1.94. The summed E-state index contributed by atoms with van der Waals surface area (Å²) in [4.78, 5) is 73.3. The summed E-state index contributed by atoms with van der Waals surface area (Å²) in [6.45, 7) is 9.65. The van der Waals surface area contributed by atoms with Gasteiger partial charge in [-0.25, -0.2) is 9.13 Å². The number of rotatable bonds is 88. The molecule has 0 bridgehead atoms. The van der Waals surface area contributed by atoms with Crippen LogP contribution >= 0.6 is 15.6 Å². The van der Waals surface area contributed by atoms with Gasteiger partial charge in [0.1, 0.15) is 19.3 Å². The Morgan fingerprint density at radius 1 is 0.269 bits per heavy atom. The fourth-order valence-corrected chi connectivity index (χ4v) is 15.5. The highest BCUT2D eigenvalue weighted by molar-refractivity contribution is 7.47. The molecule has 0 heterocycles. The number of hydrogen-bond donors (Lipinski definition) is 3. The van der Waals surface area contributed by atoms with E-state index in [4.69, 9.17) is 37.0 Å². The summed E-state index contributed by atoms with van der Waals surface area (Å²) in [7, 11) is -9.93. The zero-order valence-corrected chi connectivity index (χ0v) is 73.0. The minimum absolute atomic E-state index is 0.107. The highest BCUT2D eigenvalue weighted by Gasteiger charge is 2.31. The van der Waals surface area contributed by atoms with Crippen molar-refractivity contribution < 1.29 is 80.2 Å². The zero-order chi connectivity index (χ0) is 79.2. The predicted molar refractivity (Wildman–Crippen MR) is 446 cm³/mol. The lowest BCUT2D eigenvalue weighted by atomic mass is 9.99. The maximum atomic E-state index is 13.2. The van der Waals surface area contributed by atoms with Gasteiger partial charge in [-0.3, -0.25) is 37.3 Å². The van der Waals surface area contributed by atoms with Gasteiger partial charge in [0.25, 0.3) is 0 Å². The van der Waals surface area contributed by atoms with Gasteiger partial charge in [-0.15, -0.1) is 0 Å². The number of aliphatic hydroxyl groups is 1. The first kappa shape index (κ1) is 106. The molecular formula is C89H174O17P2. The molecule has 0 aliphatic rings. The summed E-state index contributed by atoms with van der Waals surface area (Å²) in [5.74, 6) is -0.577. The predicted octanol–water partition coefficient (Wildman–Crippen LogP) is 27.4. The van der Waals surface area contributed by atoms with Crippen LogP contribution in [-0.2, 0) is 65.4 Å². The van der Waals surface area contributed by atoms with Gasteiger partial charge in [0, 0.05) is 25.7 Å². The molecule has 0 fully saturated rings. The van der Waals surface area contributed by atoms with E-state index in [0.29, 0.717) is 31.6 Å². The topological polar surface area (TPSA) is 237 Å². The van der Waals surface area contributed by atoms with E-state index in [1.165, 1.54) is 289 Å². The molecule has 6 atom stereocenters.